The molecule has 1 aromatic heterocycles. The predicted molar refractivity (Wildman–Crippen MR) is 66.7 cm³/mol. The number of rotatable bonds is 2. The zero-order chi connectivity index (χ0) is 14.0. The summed E-state index contributed by atoms with van der Waals surface area (Å²) >= 11 is 0.959. The molecule has 96 valence electrons. The highest BCUT2D eigenvalue weighted by Gasteiger charge is 2.14. The monoisotopic (exact) mass is 277 g/mol. The summed E-state index contributed by atoms with van der Waals surface area (Å²) in [4.78, 5) is 0.204. The third-order valence-corrected chi connectivity index (χ3v) is 3.66. The zero-order valence-corrected chi connectivity index (χ0v) is 11.1. The second-order valence-electron chi connectivity index (χ2n) is 3.88. The van der Waals surface area contributed by atoms with Crippen molar-refractivity contribution in [1.82, 2.24) is 10.2 Å². The highest BCUT2D eigenvalue weighted by atomic mass is 32.2. The van der Waals surface area contributed by atoms with Crippen molar-refractivity contribution in [1.29, 1.82) is 5.26 Å². The van der Waals surface area contributed by atoms with Gasteiger partial charge in [-0.25, -0.2) is 8.78 Å². The fraction of sp³-hybridized carbons (Fsp3) is 0.154. The summed E-state index contributed by atoms with van der Waals surface area (Å²) in [7, 11) is 0. The number of hydrogen-bond donors (Lipinski definition) is 0. The fourth-order valence-corrected chi connectivity index (χ4v) is 2.34. The average molecular weight is 277 g/mol. The third-order valence-electron chi connectivity index (χ3n) is 2.63. The van der Waals surface area contributed by atoms with Gasteiger partial charge in [-0.3, -0.25) is 0 Å². The molecule has 0 spiro atoms. The molecule has 0 aliphatic heterocycles. The average Bonchev–Trinajstić information content (AvgIpc) is 2.37. The van der Waals surface area contributed by atoms with Crippen LogP contribution in [-0.4, -0.2) is 10.2 Å². The van der Waals surface area contributed by atoms with E-state index in [0.717, 1.165) is 23.9 Å². The highest BCUT2D eigenvalue weighted by molar-refractivity contribution is 7.99. The van der Waals surface area contributed by atoms with E-state index in [4.69, 9.17) is 5.26 Å². The van der Waals surface area contributed by atoms with Crippen LogP contribution >= 0.6 is 11.8 Å². The molecule has 0 N–H and O–H groups in total. The second-order valence-corrected chi connectivity index (χ2v) is 4.91. The van der Waals surface area contributed by atoms with E-state index in [1.807, 2.05) is 6.07 Å². The Balaban J connectivity index is 2.44. The predicted octanol–water partition coefficient (Wildman–Crippen LogP) is 3.39. The second kappa shape index (κ2) is 5.33. The molecule has 0 unspecified atom stereocenters. The van der Waals surface area contributed by atoms with Gasteiger partial charge in [0.05, 0.1) is 11.3 Å². The minimum Gasteiger partial charge on any atom is -0.207 e. The molecule has 6 heteroatoms. The van der Waals surface area contributed by atoms with E-state index in [2.05, 4.69) is 10.2 Å². The maximum Gasteiger partial charge on any atom is 0.142 e. The van der Waals surface area contributed by atoms with Crippen molar-refractivity contribution in [2.24, 2.45) is 0 Å². The number of benzene rings is 1. The lowest BCUT2D eigenvalue weighted by molar-refractivity contribution is 0.565. The fourth-order valence-electron chi connectivity index (χ4n) is 1.45. The van der Waals surface area contributed by atoms with Crippen molar-refractivity contribution in [3.8, 4) is 6.07 Å². The molecule has 0 bridgehead atoms. The van der Waals surface area contributed by atoms with Gasteiger partial charge >= 0.3 is 0 Å². The Hall–Kier alpha value is -2.00. The third kappa shape index (κ3) is 2.71. The first-order chi connectivity index (χ1) is 9.02. The Morgan fingerprint density at radius 1 is 1.21 bits per heavy atom. The molecule has 2 rings (SSSR count). The van der Waals surface area contributed by atoms with Crippen LogP contribution in [0.25, 0.3) is 0 Å². The van der Waals surface area contributed by atoms with Gasteiger partial charge in [0.15, 0.2) is 0 Å². The van der Waals surface area contributed by atoms with E-state index in [9.17, 15) is 8.78 Å². The first-order valence-electron chi connectivity index (χ1n) is 5.40. The SMILES string of the molecule is Cc1nnc(Sc2ccc(F)cc2F)c(C#N)c1C. The molecular formula is C13H9F2N3S. The van der Waals surface area contributed by atoms with Gasteiger partial charge in [0.25, 0.3) is 0 Å². The normalized spacial score (nSPS) is 10.3. The lowest BCUT2D eigenvalue weighted by atomic mass is 10.1. The molecule has 1 aromatic carbocycles. The van der Waals surface area contributed by atoms with E-state index in [-0.39, 0.29) is 4.90 Å². The quantitative estimate of drug-likeness (QED) is 0.844. The topological polar surface area (TPSA) is 49.6 Å². The molecule has 0 amide bonds. The van der Waals surface area contributed by atoms with E-state index >= 15 is 0 Å². The minimum absolute atomic E-state index is 0.204. The van der Waals surface area contributed by atoms with Gasteiger partial charge in [-0.15, -0.1) is 5.10 Å². The summed E-state index contributed by atoms with van der Waals surface area (Å²) < 4.78 is 26.4. The molecule has 0 radical (unpaired) electrons. The number of aryl methyl sites for hydroxylation is 1. The Kier molecular flexibility index (Phi) is 3.76. The van der Waals surface area contributed by atoms with Gasteiger partial charge < -0.3 is 0 Å². The van der Waals surface area contributed by atoms with Crippen molar-refractivity contribution in [2.45, 2.75) is 23.8 Å². The van der Waals surface area contributed by atoms with Crippen LogP contribution in [0.15, 0.2) is 28.1 Å². The smallest absolute Gasteiger partial charge is 0.142 e. The van der Waals surface area contributed by atoms with E-state index in [1.54, 1.807) is 13.8 Å². The largest absolute Gasteiger partial charge is 0.207 e. The summed E-state index contributed by atoms with van der Waals surface area (Å²) in [6.45, 7) is 3.50. The maximum absolute atomic E-state index is 13.6. The van der Waals surface area contributed by atoms with Crippen LogP contribution in [0.1, 0.15) is 16.8 Å². The van der Waals surface area contributed by atoms with Crippen LogP contribution in [0.5, 0.6) is 0 Å². The lowest BCUT2D eigenvalue weighted by Crippen LogP contribution is -1.99. The molecule has 0 saturated carbocycles. The highest BCUT2D eigenvalue weighted by Crippen LogP contribution is 2.31. The summed E-state index contributed by atoms with van der Waals surface area (Å²) in [5.74, 6) is -1.33. The van der Waals surface area contributed by atoms with Crippen LogP contribution in [-0.2, 0) is 0 Å². The Morgan fingerprint density at radius 2 is 1.95 bits per heavy atom. The summed E-state index contributed by atoms with van der Waals surface area (Å²) in [6, 6.07) is 5.30. The molecular weight excluding hydrogens is 268 g/mol. The molecule has 0 saturated heterocycles. The Labute approximate surface area is 113 Å². The van der Waals surface area contributed by atoms with Gasteiger partial charge in [0, 0.05) is 11.0 Å². The van der Waals surface area contributed by atoms with Crippen molar-refractivity contribution in [2.75, 3.05) is 0 Å². The number of aromatic nitrogens is 2. The number of nitriles is 1. The summed E-state index contributed by atoms with van der Waals surface area (Å²) in [5, 5.41) is 17.3. The minimum atomic E-state index is -0.686. The maximum atomic E-state index is 13.6. The van der Waals surface area contributed by atoms with Crippen LogP contribution in [0.2, 0.25) is 0 Å². The molecule has 2 aromatic rings. The van der Waals surface area contributed by atoms with Gasteiger partial charge in [0.1, 0.15) is 22.7 Å². The molecule has 1 heterocycles. The van der Waals surface area contributed by atoms with Crippen molar-refractivity contribution in [3.05, 3.63) is 46.7 Å². The van der Waals surface area contributed by atoms with Crippen LogP contribution < -0.4 is 0 Å². The Morgan fingerprint density at radius 3 is 2.58 bits per heavy atom. The molecule has 0 atom stereocenters. The molecule has 19 heavy (non-hydrogen) atoms. The lowest BCUT2D eigenvalue weighted by Gasteiger charge is -2.07. The summed E-state index contributed by atoms with van der Waals surface area (Å²) in [5.41, 5.74) is 1.73. The molecule has 0 aliphatic rings. The van der Waals surface area contributed by atoms with Gasteiger partial charge in [-0.05, 0) is 31.5 Å². The number of hydrogen-bond acceptors (Lipinski definition) is 4. The van der Waals surface area contributed by atoms with Crippen molar-refractivity contribution in [3.63, 3.8) is 0 Å². The van der Waals surface area contributed by atoms with Crippen molar-refractivity contribution >= 4 is 11.8 Å². The first-order valence-corrected chi connectivity index (χ1v) is 6.21. The Bertz CT molecular complexity index is 680. The van der Waals surface area contributed by atoms with Crippen LogP contribution in [0.3, 0.4) is 0 Å². The number of halogens is 2. The van der Waals surface area contributed by atoms with Gasteiger partial charge in [0.2, 0.25) is 0 Å². The molecule has 0 fully saturated rings. The standard InChI is InChI=1S/C13H9F2N3S/c1-7-8(2)17-18-13(10(7)6-16)19-12-4-3-9(14)5-11(12)15/h3-5H,1-2H3. The zero-order valence-electron chi connectivity index (χ0n) is 10.2. The van der Waals surface area contributed by atoms with Crippen LogP contribution in [0.4, 0.5) is 8.78 Å². The van der Waals surface area contributed by atoms with Crippen LogP contribution in [0, 0.1) is 36.8 Å². The summed E-state index contributed by atoms with van der Waals surface area (Å²) in [6.07, 6.45) is 0. The molecule has 3 nitrogen and oxygen atoms in total. The van der Waals surface area contributed by atoms with E-state index in [1.165, 1.54) is 6.07 Å². The first kappa shape index (κ1) is 13.4. The molecule has 0 aliphatic carbocycles. The van der Waals surface area contributed by atoms with E-state index in [0.29, 0.717) is 21.8 Å². The number of nitrogens with zero attached hydrogens (tertiary/aromatic N) is 3. The van der Waals surface area contributed by atoms with Gasteiger partial charge in [-0.1, -0.05) is 11.8 Å². The van der Waals surface area contributed by atoms with Crippen molar-refractivity contribution < 1.29 is 8.78 Å². The van der Waals surface area contributed by atoms with Gasteiger partial charge in [-0.2, -0.15) is 10.4 Å². The van der Waals surface area contributed by atoms with E-state index < -0.39 is 11.6 Å².